The molecule has 0 amide bonds. The van der Waals surface area contributed by atoms with Gasteiger partial charge in [-0.2, -0.15) is 0 Å². The normalized spacial score (nSPS) is 29.9. The Bertz CT molecular complexity index is 2260. The molecule has 20 heteroatoms. The van der Waals surface area contributed by atoms with Gasteiger partial charge in [0.25, 0.3) is 0 Å². The highest BCUT2D eigenvalue weighted by Crippen LogP contribution is 2.65. The van der Waals surface area contributed by atoms with E-state index in [1.54, 1.807) is 27.7 Å². The van der Waals surface area contributed by atoms with Crippen LogP contribution >= 0.6 is 0 Å². The average molecular weight is 1090 g/mol. The number of carbonyl (C=O) groups is 10. The standard InChI is InChI=1S/C16H24O4.C14H22O6.C14H20O4.C13H20O6/c1-6-15(2,3)14(18)20-11-9-7-8-10(16(9,4)5)12(11)19-13(8)17;1-6-13(2,3)11(16)20-14(4,5)12(17)19-9-7-8-18-10(9)15;1-4-14(2,3)13(16)18-10-7-5-8-9(6-7)12(15)17-11(8)10;1-4-13(2,3)12(16)18-8-6-10(14)19-9-5-7-17-11(9)15/h8-12H,6-7H2,1-5H3;9H,6-8H2,1-5H3;7-11H,4-6H2,1-3H3;9H,4-8H2,1-3H3. The van der Waals surface area contributed by atoms with E-state index in [1.807, 2.05) is 55.4 Å². The lowest BCUT2D eigenvalue weighted by atomic mass is 9.80. The highest BCUT2D eigenvalue weighted by atomic mass is 16.6. The third kappa shape index (κ3) is 13.8. The summed E-state index contributed by atoms with van der Waals surface area (Å²) in [6.45, 7) is 30.1. The van der Waals surface area contributed by atoms with Crippen LogP contribution in [-0.4, -0.2) is 122 Å². The zero-order valence-electron chi connectivity index (χ0n) is 48.3. The molecule has 4 aliphatic carbocycles. The van der Waals surface area contributed by atoms with Gasteiger partial charge in [0.15, 0.2) is 0 Å². The van der Waals surface area contributed by atoms with Crippen molar-refractivity contribution in [1.82, 2.24) is 0 Å². The summed E-state index contributed by atoms with van der Waals surface area (Å²) in [6.07, 6.45) is 3.45. The van der Waals surface area contributed by atoms with Crippen LogP contribution in [-0.2, 0) is 95.3 Å². The molecule has 8 rings (SSSR count). The molecule has 4 bridgehead atoms. The Morgan fingerprint density at radius 3 is 1.51 bits per heavy atom. The Labute approximate surface area is 453 Å². The highest BCUT2D eigenvalue weighted by Gasteiger charge is 2.72. The fourth-order valence-corrected chi connectivity index (χ4v) is 10.6. The summed E-state index contributed by atoms with van der Waals surface area (Å²) in [5, 5.41) is 0. The third-order valence-electron chi connectivity index (χ3n) is 17.7. The lowest BCUT2D eigenvalue weighted by molar-refractivity contribution is -0.188. The number of cyclic esters (lactones) is 2. The third-order valence-corrected chi connectivity index (χ3v) is 17.7. The van der Waals surface area contributed by atoms with E-state index in [-0.39, 0.29) is 110 Å². The first-order valence-electron chi connectivity index (χ1n) is 27.6. The van der Waals surface area contributed by atoms with Crippen molar-refractivity contribution in [2.75, 3.05) is 19.8 Å². The minimum Gasteiger partial charge on any atom is -0.465 e. The first-order valence-corrected chi connectivity index (χ1v) is 27.6. The Morgan fingerprint density at radius 1 is 0.532 bits per heavy atom. The maximum Gasteiger partial charge on any atom is 0.350 e. The highest BCUT2D eigenvalue weighted by molar-refractivity contribution is 5.87. The quantitative estimate of drug-likeness (QED) is 0.102. The van der Waals surface area contributed by atoms with Crippen molar-refractivity contribution in [2.45, 2.75) is 217 Å². The van der Waals surface area contributed by atoms with Gasteiger partial charge in [0.2, 0.25) is 17.8 Å². The second-order valence-corrected chi connectivity index (χ2v) is 25.4. The van der Waals surface area contributed by atoms with E-state index in [9.17, 15) is 47.9 Å². The van der Waals surface area contributed by atoms with Crippen LogP contribution in [0.3, 0.4) is 0 Å². The number of esters is 10. The van der Waals surface area contributed by atoms with E-state index in [2.05, 4.69) is 18.6 Å². The second kappa shape index (κ2) is 24.0. The van der Waals surface area contributed by atoms with Crippen LogP contribution in [0.2, 0.25) is 0 Å². The lowest BCUT2D eigenvalue weighted by Crippen LogP contribution is -2.44. The van der Waals surface area contributed by atoms with Crippen molar-refractivity contribution in [3.63, 3.8) is 0 Å². The maximum absolute atomic E-state index is 12.3. The van der Waals surface area contributed by atoms with Crippen molar-refractivity contribution in [3.8, 4) is 0 Å². The van der Waals surface area contributed by atoms with Gasteiger partial charge in [-0.15, -0.1) is 0 Å². The smallest absolute Gasteiger partial charge is 0.350 e. The van der Waals surface area contributed by atoms with Crippen LogP contribution in [0, 0.1) is 62.6 Å². The molecule has 434 valence electrons. The Hall–Kier alpha value is -5.30. The number of ether oxygens (including phenoxy) is 10. The predicted molar refractivity (Wildman–Crippen MR) is 271 cm³/mol. The van der Waals surface area contributed by atoms with E-state index in [4.69, 9.17) is 42.6 Å². The SMILES string of the molecule is CCC(C)(C)C(=O)OC(C)(C)C(=O)OC1CCOC1=O.CCC(C)(C)C(=O)OC1C2CC3C(=O)OC1C3C2.CCC(C)(C)C(=O)OC1C2OC(=O)C3CC1C(C)(C)C32.CCC(C)(C)C(=O)OCCC(=O)OC1CCOC1=O. The van der Waals surface area contributed by atoms with Gasteiger partial charge in [0, 0.05) is 36.5 Å². The van der Waals surface area contributed by atoms with Crippen LogP contribution in [0.4, 0.5) is 0 Å². The molecule has 4 aliphatic heterocycles. The topological polar surface area (TPSA) is 263 Å². The van der Waals surface area contributed by atoms with Gasteiger partial charge in [-0.05, 0) is 120 Å². The van der Waals surface area contributed by atoms with Gasteiger partial charge in [0.1, 0.15) is 31.0 Å². The van der Waals surface area contributed by atoms with E-state index in [0.29, 0.717) is 37.5 Å². The molecule has 0 aromatic rings. The summed E-state index contributed by atoms with van der Waals surface area (Å²) in [4.78, 5) is 117. The summed E-state index contributed by atoms with van der Waals surface area (Å²) >= 11 is 0. The molecule has 4 saturated heterocycles. The molecule has 8 fully saturated rings. The molecular formula is C57H86O20. The first kappa shape index (κ1) is 62.5. The predicted octanol–water partition coefficient (Wildman–Crippen LogP) is 7.29. The Kier molecular flexibility index (Phi) is 19.5. The van der Waals surface area contributed by atoms with Crippen LogP contribution in [0.15, 0.2) is 0 Å². The molecule has 0 radical (unpaired) electrons. The molecule has 0 aromatic heterocycles. The number of carbonyl (C=O) groups excluding carboxylic acids is 10. The average Bonchev–Trinajstić information content (AvgIpc) is 4.26. The van der Waals surface area contributed by atoms with Crippen molar-refractivity contribution < 1.29 is 95.3 Å². The van der Waals surface area contributed by atoms with Crippen molar-refractivity contribution >= 4 is 59.7 Å². The largest absolute Gasteiger partial charge is 0.465 e. The summed E-state index contributed by atoms with van der Waals surface area (Å²) < 4.78 is 51.9. The van der Waals surface area contributed by atoms with E-state index < -0.39 is 69.3 Å². The van der Waals surface area contributed by atoms with Gasteiger partial charge in [-0.3, -0.25) is 33.6 Å². The van der Waals surface area contributed by atoms with Crippen molar-refractivity contribution in [2.24, 2.45) is 62.6 Å². The minimum atomic E-state index is -1.44. The fraction of sp³-hybridized carbons (Fsp3) is 0.825. The number of rotatable bonds is 17. The molecule has 0 spiro atoms. The van der Waals surface area contributed by atoms with Gasteiger partial charge >= 0.3 is 59.7 Å². The fourth-order valence-electron chi connectivity index (χ4n) is 10.6. The number of hydrogen-bond donors (Lipinski definition) is 0. The van der Waals surface area contributed by atoms with Gasteiger partial charge < -0.3 is 47.4 Å². The second-order valence-electron chi connectivity index (χ2n) is 25.4. The van der Waals surface area contributed by atoms with Crippen molar-refractivity contribution in [3.05, 3.63) is 0 Å². The van der Waals surface area contributed by atoms with Gasteiger partial charge in [0.05, 0.1) is 53.1 Å². The molecule has 8 aliphatic rings. The Morgan fingerprint density at radius 2 is 1.00 bits per heavy atom. The first-order chi connectivity index (χ1) is 35.6. The number of fused-ring (bicyclic) bond motifs is 2. The van der Waals surface area contributed by atoms with Crippen LogP contribution < -0.4 is 0 Å². The zero-order valence-corrected chi connectivity index (χ0v) is 48.3. The van der Waals surface area contributed by atoms with Crippen LogP contribution in [0.5, 0.6) is 0 Å². The molecule has 0 N–H and O–H groups in total. The molecular weight excluding hydrogens is 1000 g/mol. The molecule has 4 heterocycles. The number of hydrogen-bond acceptors (Lipinski definition) is 20. The summed E-state index contributed by atoms with van der Waals surface area (Å²) in [7, 11) is 0. The van der Waals surface area contributed by atoms with Crippen LogP contribution in [0.25, 0.3) is 0 Å². The molecule has 77 heavy (non-hydrogen) atoms. The Balaban J connectivity index is 0.000000189. The van der Waals surface area contributed by atoms with Gasteiger partial charge in [-0.1, -0.05) is 41.5 Å². The molecule has 4 saturated carbocycles. The maximum atomic E-state index is 12.3. The van der Waals surface area contributed by atoms with E-state index in [1.165, 1.54) is 13.8 Å². The zero-order chi connectivity index (χ0) is 58.0. The summed E-state index contributed by atoms with van der Waals surface area (Å²) in [6, 6.07) is 0. The molecule has 0 aromatic carbocycles. The summed E-state index contributed by atoms with van der Waals surface area (Å²) in [5.74, 6) is -2.55. The molecule has 12 atom stereocenters. The molecule has 12 unspecified atom stereocenters. The van der Waals surface area contributed by atoms with E-state index in [0.717, 1.165) is 32.1 Å². The van der Waals surface area contributed by atoms with Crippen LogP contribution in [0.1, 0.15) is 175 Å². The minimum absolute atomic E-state index is 0.0167. The van der Waals surface area contributed by atoms with Crippen molar-refractivity contribution in [1.29, 1.82) is 0 Å². The van der Waals surface area contributed by atoms with Gasteiger partial charge in [-0.25, -0.2) is 14.4 Å². The molecule has 20 nitrogen and oxygen atoms in total. The monoisotopic (exact) mass is 1090 g/mol. The van der Waals surface area contributed by atoms with E-state index >= 15 is 0 Å². The summed E-state index contributed by atoms with van der Waals surface area (Å²) in [5.41, 5.74) is -3.59. The lowest BCUT2D eigenvalue weighted by Gasteiger charge is -2.30.